The fourth-order valence-corrected chi connectivity index (χ4v) is 4.32. The summed E-state index contributed by atoms with van der Waals surface area (Å²) in [5.74, 6) is 0.242. The molecule has 0 fully saturated rings. The quantitative estimate of drug-likeness (QED) is 0.221. The van der Waals surface area contributed by atoms with Gasteiger partial charge in [-0.1, -0.05) is 79.0 Å². The van der Waals surface area contributed by atoms with E-state index in [1.54, 1.807) is 0 Å². The predicted octanol–water partition coefficient (Wildman–Crippen LogP) is 7.65. The van der Waals surface area contributed by atoms with Gasteiger partial charge in [0.15, 0.2) is 5.78 Å². The summed E-state index contributed by atoms with van der Waals surface area (Å²) < 4.78 is 1.09. The van der Waals surface area contributed by atoms with Crippen LogP contribution in [0.5, 0.6) is 0 Å². The number of carbonyl (C=O) groups is 1. The zero-order valence-corrected chi connectivity index (χ0v) is 19.8. The monoisotopic (exact) mass is 475 g/mol. The lowest BCUT2D eigenvalue weighted by Crippen LogP contribution is -2.28. The highest BCUT2D eigenvalue weighted by atomic mass is 79.9. The van der Waals surface area contributed by atoms with Gasteiger partial charge in [-0.3, -0.25) is 4.79 Å². The molecule has 0 N–H and O–H groups in total. The van der Waals surface area contributed by atoms with Crippen molar-refractivity contribution in [2.75, 3.05) is 19.6 Å². The largest absolute Gasteiger partial charge is 0.303 e. The molecule has 156 valence electrons. The molecule has 0 amide bonds. The molecule has 2 nitrogen and oxygen atoms in total. The van der Waals surface area contributed by atoms with Crippen molar-refractivity contribution in [3.63, 3.8) is 0 Å². The van der Waals surface area contributed by atoms with Gasteiger partial charge in [0.25, 0.3) is 0 Å². The Balaban J connectivity index is 0.00000300. The number of halogens is 2. The fourth-order valence-electron chi connectivity index (χ4n) is 3.73. The number of Topliss-reactive ketones (excluding diaryl/α,β-unsaturated/α-hetero) is 1. The Kier molecular flexibility index (Phi) is 9.61. The van der Waals surface area contributed by atoms with Crippen LogP contribution >= 0.6 is 28.3 Å². The summed E-state index contributed by atoms with van der Waals surface area (Å²) in [5, 5.41) is 4.69. The maximum Gasteiger partial charge on any atom is 0.164 e. The van der Waals surface area contributed by atoms with Crippen molar-refractivity contribution in [1.82, 2.24) is 4.90 Å². The molecule has 0 atom stereocenters. The fraction of sp³-hybridized carbons (Fsp3) is 0.400. The van der Waals surface area contributed by atoms with Gasteiger partial charge in [0.2, 0.25) is 0 Å². The van der Waals surface area contributed by atoms with Crippen LogP contribution in [0.3, 0.4) is 0 Å². The number of benzene rings is 3. The number of carbonyl (C=O) groups excluding carboxylic acids is 1. The van der Waals surface area contributed by atoms with Gasteiger partial charge < -0.3 is 4.90 Å². The van der Waals surface area contributed by atoms with E-state index >= 15 is 0 Å². The molecule has 29 heavy (non-hydrogen) atoms. The van der Waals surface area contributed by atoms with Crippen molar-refractivity contribution in [1.29, 1.82) is 0 Å². The van der Waals surface area contributed by atoms with Gasteiger partial charge in [0.05, 0.1) is 0 Å². The van der Waals surface area contributed by atoms with Crippen LogP contribution in [0, 0.1) is 0 Å². The number of hydrogen-bond acceptors (Lipinski definition) is 2. The molecule has 0 spiro atoms. The van der Waals surface area contributed by atoms with E-state index in [0.717, 1.165) is 40.4 Å². The maximum absolute atomic E-state index is 12.9. The van der Waals surface area contributed by atoms with E-state index < -0.39 is 0 Å². The molecule has 0 aliphatic heterocycles. The Labute approximate surface area is 189 Å². The first-order valence-electron chi connectivity index (χ1n) is 10.5. The van der Waals surface area contributed by atoms with Crippen LogP contribution in [0.25, 0.3) is 21.5 Å². The van der Waals surface area contributed by atoms with Crippen LogP contribution in [0.1, 0.15) is 56.3 Å². The molecule has 0 saturated heterocycles. The zero-order valence-electron chi connectivity index (χ0n) is 17.4. The SMILES string of the molecule is CCCCN(CCCC)CCC(=O)c1ccc2cc(Br)c3ccccc3c2c1.Cl. The number of ketones is 1. The standard InChI is InChI=1S/C25H30BrNO.ClH/c1-3-5-14-27(15-6-4-2)16-13-25(28)20-12-11-19-18-24(26)22-10-8-7-9-21(22)23(19)17-20;/h7-12,17-18H,3-6,13-16H2,1-2H3;1H. The number of rotatable bonds is 10. The smallest absolute Gasteiger partial charge is 0.164 e. The van der Waals surface area contributed by atoms with E-state index in [9.17, 15) is 4.79 Å². The molecule has 0 heterocycles. The highest BCUT2D eigenvalue weighted by Gasteiger charge is 2.12. The molecule has 3 aromatic rings. The van der Waals surface area contributed by atoms with E-state index in [2.05, 4.69) is 77.1 Å². The first kappa shape index (κ1) is 23.9. The average molecular weight is 477 g/mol. The number of nitrogens with zero attached hydrogens (tertiary/aromatic N) is 1. The molecular weight excluding hydrogens is 446 g/mol. The zero-order chi connectivity index (χ0) is 19.9. The van der Waals surface area contributed by atoms with Gasteiger partial charge in [-0.2, -0.15) is 0 Å². The molecule has 0 aromatic heterocycles. The van der Waals surface area contributed by atoms with E-state index in [1.165, 1.54) is 36.5 Å². The van der Waals surface area contributed by atoms with Crippen LogP contribution in [0.15, 0.2) is 53.0 Å². The Morgan fingerprint density at radius 2 is 1.52 bits per heavy atom. The molecule has 0 radical (unpaired) electrons. The first-order valence-corrected chi connectivity index (χ1v) is 11.3. The number of fused-ring (bicyclic) bond motifs is 3. The van der Waals surface area contributed by atoms with E-state index in [-0.39, 0.29) is 18.2 Å². The molecule has 0 bridgehead atoms. The van der Waals surface area contributed by atoms with Crippen LogP contribution in [0.2, 0.25) is 0 Å². The average Bonchev–Trinajstić information content (AvgIpc) is 2.73. The van der Waals surface area contributed by atoms with Crippen molar-refractivity contribution in [2.45, 2.75) is 46.0 Å². The predicted molar refractivity (Wildman–Crippen MR) is 132 cm³/mol. The Morgan fingerprint density at radius 3 is 2.17 bits per heavy atom. The van der Waals surface area contributed by atoms with Crippen molar-refractivity contribution < 1.29 is 4.79 Å². The first-order chi connectivity index (χ1) is 13.6. The summed E-state index contributed by atoms with van der Waals surface area (Å²) in [6.07, 6.45) is 5.39. The minimum atomic E-state index is 0. The van der Waals surface area contributed by atoms with Crippen molar-refractivity contribution >= 4 is 55.7 Å². The molecule has 3 rings (SSSR count). The third kappa shape index (κ3) is 6.04. The molecule has 0 unspecified atom stereocenters. The van der Waals surface area contributed by atoms with Crippen LogP contribution in [-0.4, -0.2) is 30.3 Å². The maximum atomic E-state index is 12.9. The number of hydrogen-bond donors (Lipinski definition) is 0. The van der Waals surface area contributed by atoms with Gasteiger partial charge >= 0.3 is 0 Å². The van der Waals surface area contributed by atoms with Gasteiger partial charge in [-0.25, -0.2) is 0 Å². The van der Waals surface area contributed by atoms with E-state index in [1.807, 2.05) is 6.07 Å². The molecule has 0 aliphatic rings. The highest BCUT2D eigenvalue weighted by Crippen LogP contribution is 2.32. The highest BCUT2D eigenvalue weighted by molar-refractivity contribution is 9.10. The topological polar surface area (TPSA) is 20.3 Å². The summed E-state index contributed by atoms with van der Waals surface area (Å²) in [6.45, 7) is 7.50. The summed E-state index contributed by atoms with van der Waals surface area (Å²) in [6, 6.07) is 16.6. The Bertz CT molecular complexity index is 948. The van der Waals surface area contributed by atoms with E-state index in [4.69, 9.17) is 0 Å². The van der Waals surface area contributed by atoms with Crippen molar-refractivity contribution in [3.05, 3.63) is 58.6 Å². The van der Waals surface area contributed by atoms with Gasteiger partial charge in [-0.05, 0) is 59.6 Å². The summed E-state index contributed by atoms with van der Waals surface area (Å²) in [7, 11) is 0. The Morgan fingerprint density at radius 1 is 0.862 bits per heavy atom. The lowest BCUT2D eigenvalue weighted by molar-refractivity contribution is 0.0963. The minimum absolute atomic E-state index is 0. The second kappa shape index (κ2) is 11.7. The van der Waals surface area contributed by atoms with Gasteiger partial charge in [-0.15, -0.1) is 12.4 Å². The van der Waals surface area contributed by atoms with Gasteiger partial charge in [0, 0.05) is 23.0 Å². The normalized spacial score (nSPS) is 11.2. The van der Waals surface area contributed by atoms with Crippen molar-refractivity contribution in [3.8, 4) is 0 Å². The summed E-state index contributed by atoms with van der Waals surface area (Å²) in [5.41, 5.74) is 0.825. The van der Waals surface area contributed by atoms with Crippen molar-refractivity contribution in [2.24, 2.45) is 0 Å². The molecule has 4 heteroatoms. The second-order valence-corrected chi connectivity index (χ2v) is 8.42. The minimum Gasteiger partial charge on any atom is -0.303 e. The Hall–Kier alpha value is -1.42. The number of unbranched alkanes of at least 4 members (excludes halogenated alkanes) is 2. The summed E-state index contributed by atoms with van der Waals surface area (Å²) in [4.78, 5) is 15.4. The lowest BCUT2D eigenvalue weighted by atomic mass is 9.98. The second-order valence-electron chi connectivity index (χ2n) is 7.56. The lowest BCUT2D eigenvalue weighted by Gasteiger charge is -2.21. The molecule has 3 aromatic carbocycles. The molecule has 0 saturated carbocycles. The molecule has 0 aliphatic carbocycles. The third-order valence-corrected chi connectivity index (χ3v) is 6.10. The van der Waals surface area contributed by atoms with Crippen LogP contribution in [0.4, 0.5) is 0 Å². The van der Waals surface area contributed by atoms with E-state index in [0.29, 0.717) is 6.42 Å². The molecular formula is C25H31BrClNO. The van der Waals surface area contributed by atoms with Gasteiger partial charge in [0.1, 0.15) is 0 Å². The third-order valence-electron chi connectivity index (χ3n) is 5.44. The summed E-state index contributed by atoms with van der Waals surface area (Å²) >= 11 is 3.67. The van der Waals surface area contributed by atoms with Crippen LogP contribution in [-0.2, 0) is 0 Å². The van der Waals surface area contributed by atoms with Crippen LogP contribution < -0.4 is 0 Å².